The summed E-state index contributed by atoms with van der Waals surface area (Å²) in [7, 11) is 1.63. The molecule has 2 saturated carbocycles. The van der Waals surface area contributed by atoms with Gasteiger partial charge in [0.25, 0.3) is 0 Å². The van der Waals surface area contributed by atoms with Gasteiger partial charge in [-0.25, -0.2) is 0 Å². The van der Waals surface area contributed by atoms with Crippen LogP contribution in [-0.2, 0) is 14.9 Å². The summed E-state index contributed by atoms with van der Waals surface area (Å²) >= 11 is 0. The van der Waals surface area contributed by atoms with Crippen LogP contribution in [0.25, 0.3) is 0 Å². The lowest BCUT2D eigenvalue weighted by molar-refractivity contribution is -0.147. The van der Waals surface area contributed by atoms with E-state index in [0.29, 0.717) is 6.61 Å². The molecule has 2 aliphatic rings. The van der Waals surface area contributed by atoms with Crippen molar-refractivity contribution in [3.05, 3.63) is 29.8 Å². The second-order valence-electron chi connectivity index (χ2n) is 5.21. The Morgan fingerprint density at radius 2 is 2.05 bits per heavy atom. The maximum atomic E-state index is 11.9. The molecule has 0 aromatic heterocycles. The Hall–Kier alpha value is -1.55. The number of methoxy groups -OCH3 is 1. The highest BCUT2D eigenvalue weighted by Gasteiger charge is 2.89. The highest BCUT2D eigenvalue weighted by atomic mass is 16.5. The van der Waals surface area contributed by atoms with Gasteiger partial charge < -0.3 is 14.6 Å². The SMILES string of the molecule is CCOC(=O)[C@@H]1C2C(CO)[C@]21c1ccc(OC)cc1. The number of fused-ring (bicyclic) bond motifs is 1. The van der Waals surface area contributed by atoms with Crippen molar-refractivity contribution in [3.8, 4) is 5.75 Å². The molecule has 0 spiro atoms. The number of aliphatic hydroxyl groups is 1. The number of ether oxygens (including phenoxy) is 2. The molecule has 4 nitrogen and oxygen atoms in total. The lowest BCUT2D eigenvalue weighted by Crippen LogP contribution is -2.24. The molecule has 0 radical (unpaired) electrons. The molecule has 1 aromatic rings. The molecule has 3 rings (SSSR count). The van der Waals surface area contributed by atoms with Gasteiger partial charge in [0.1, 0.15) is 5.75 Å². The highest BCUT2D eigenvalue weighted by molar-refractivity contribution is 5.84. The summed E-state index contributed by atoms with van der Waals surface area (Å²) in [5.41, 5.74) is 0.934. The zero-order valence-corrected chi connectivity index (χ0v) is 11.1. The third-order valence-corrected chi connectivity index (χ3v) is 4.58. The van der Waals surface area contributed by atoms with E-state index in [4.69, 9.17) is 9.47 Å². The number of esters is 1. The zero-order chi connectivity index (χ0) is 13.6. The summed E-state index contributed by atoms with van der Waals surface area (Å²) in [5, 5.41) is 9.39. The van der Waals surface area contributed by atoms with Gasteiger partial charge in [0, 0.05) is 12.0 Å². The molecule has 0 saturated heterocycles. The second kappa shape index (κ2) is 4.23. The van der Waals surface area contributed by atoms with E-state index in [1.807, 2.05) is 31.2 Å². The molecular formula is C15H18O4. The molecule has 0 amide bonds. The number of carbonyl (C=O) groups is 1. The molecule has 0 aliphatic heterocycles. The standard InChI is InChI=1S/C15H18O4/c1-3-19-14(17)13-12-11(8-16)15(12,13)9-4-6-10(18-2)7-5-9/h4-7,11-13,16H,3,8H2,1-2H3/t11?,12?,13-,15+/m0/s1. The van der Waals surface area contributed by atoms with E-state index in [9.17, 15) is 9.90 Å². The molecule has 102 valence electrons. The Labute approximate surface area is 112 Å². The summed E-state index contributed by atoms with van der Waals surface area (Å²) in [6.45, 7) is 2.35. The molecule has 0 heterocycles. The van der Waals surface area contributed by atoms with E-state index in [1.165, 1.54) is 0 Å². The Kier molecular flexibility index (Phi) is 2.78. The summed E-state index contributed by atoms with van der Waals surface area (Å²) in [6.07, 6.45) is 0. The van der Waals surface area contributed by atoms with Crippen molar-refractivity contribution in [1.29, 1.82) is 0 Å². The van der Waals surface area contributed by atoms with Gasteiger partial charge in [-0.2, -0.15) is 0 Å². The van der Waals surface area contributed by atoms with E-state index in [2.05, 4.69) is 0 Å². The fourth-order valence-corrected chi connectivity index (χ4v) is 3.60. The first-order valence-electron chi connectivity index (χ1n) is 6.63. The van der Waals surface area contributed by atoms with Crippen molar-refractivity contribution in [2.75, 3.05) is 20.3 Å². The van der Waals surface area contributed by atoms with Crippen molar-refractivity contribution >= 4 is 5.97 Å². The highest BCUT2D eigenvalue weighted by Crippen LogP contribution is 2.83. The smallest absolute Gasteiger partial charge is 0.310 e. The zero-order valence-electron chi connectivity index (χ0n) is 11.1. The minimum Gasteiger partial charge on any atom is -0.497 e. The van der Waals surface area contributed by atoms with Crippen molar-refractivity contribution < 1.29 is 19.4 Å². The van der Waals surface area contributed by atoms with Gasteiger partial charge in [0.05, 0.1) is 19.6 Å². The van der Waals surface area contributed by atoms with Crippen LogP contribution in [0.3, 0.4) is 0 Å². The molecule has 1 aromatic carbocycles. The summed E-state index contributed by atoms with van der Waals surface area (Å²) in [6, 6.07) is 7.77. The molecule has 4 heteroatoms. The number of rotatable bonds is 5. The first-order valence-corrected chi connectivity index (χ1v) is 6.63. The van der Waals surface area contributed by atoms with E-state index in [0.717, 1.165) is 11.3 Å². The fourth-order valence-electron chi connectivity index (χ4n) is 3.60. The molecule has 1 N–H and O–H groups in total. The van der Waals surface area contributed by atoms with E-state index in [-0.39, 0.29) is 35.7 Å². The van der Waals surface area contributed by atoms with Crippen LogP contribution in [0.5, 0.6) is 5.75 Å². The predicted octanol–water partition coefficient (Wildman–Crippen LogP) is 1.36. The van der Waals surface area contributed by atoms with Gasteiger partial charge >= 0.3 is 5.97 Å². The van der Waals surface area contributed by atoms with Crippen LogP contribution < -0.4 is 4.74 Å². The molecule has 2 fully saturated rings. The van der Waals surface area contributed by atoms with E-state index >= 15 is 0 Å². The maximum absolute atomic E-state index is 11.9. The first-order chi connectivity index (χ1) is 9.21. The van der Waals surface area contributed by atoms with Crippen molar-refractivity contribution in [1.82, 2.24) is 0 Å². The molecule has 0 bridgehead atoms. The van der Waals surface area contributed by atoms with Gasteiger partial charge in [0.15, 0.2) is 0 Å². The topological polar surface area (TPSA) is 55.8 Å². The number of aliphatic hydroxyl groups excluding tert-OH is 1. The summed E-state index contributed by atoms with van der Waals surface area (Å²) in [5.74, 6) is 1.05. The normalized spacial score (nSPS) is 34.4. The van der Waals surface area contributed by atoms with Gasteiger partial charge in [-0.05, 0) is 36.5 Å². The lowest BCUT2D eigenvalue weighted by atomic mass is 9.90. The number of carbonyl (C=O) groups excluding carboxylic acids is 1. The lowest BCUT2D eigenvalue weighted by Gasteiger charge is -2.17. The largest absolute Gasteiger partial charge is 0.497 e. The number of hydrogen-bond acceptors (Lipinski definition) is 4. The Morgan fingerprint density at radius 1 is 1.37 bits per heavy atom. The van der Waals surface area contributed by atoms with Crippen molar-refractivity contribution in [2.45, 2.75) is 12.3 Å². The van der Waals surface area contributed by atoms with Crippen LogP contribution in [-0.4, -0.2) is 31.4 Å². The minimum atomic E-state index is -0.173. The molecule has 2 unspecified atom stereocenters. The predicted molar refractivity (Wildman–Crippen MR) is 68.9 cm³/mol. The van der Waals surface area contributed by atoms with Crippen molar-refractivity contribution in [2.24, 2.45) is 17.8 Å². The summed E-state index contributed by atoms with van der Waals surface area (Å²) in [4.78, 5) is 11.9. The van der Waals surface area contributed by atoms with Crippen LogP contribution in [0.4, 0.5) is 0 Å². The fraction of sp³-hybridized carbons (Fsp3) is 0.533. The van der Waals surface area contributed by atoms with Crippen LogP contribution in [0, 0.1) is 17.8 Å². The van der Waals surface area contributed by atoms with E-state index in [1.54, 1.807) is 7.11 Å². The molecule has 2 aliphatic carbocycles. The second-order valence-corrected chi connectivity index (χ2v) is 5.21. The molecular weight excluding hydrogens is 244 g/mol. The quantitative estimate of drug-likeness (QED) is 0.814. The summed E-state index contributed by atoms with van der Waals surface area (Å²) < 4.78 is 10.2. The average molecular weight is 262 g/mol. The first kappa shape index (κ1) is 12.5. The maximum Gasteiger partial charge on any atom is 0.310 e. The molecule has 19 heavy (non-hydrogen) atoms. The third-order valence-electron chi connectivity index (χ3n) is 4.58. The van der Waals surface area contributed by atoms with Gasteiger partial charge in [-0.3, -0.25) is 4.79 Å². The Bertz CT molecular complexity index is 495. The number of hydrogen-bond donors (Lipinski definition) is 1. The van der Waals surface area contributed by atoms with Crippen LogP contribution in [0.15, 0.2) is 24.3 Å². The Morgan fingerprint density at radius 3 is 2.58 bits per heavy atom. The third kappa shape index (κ3) is 1.53. The Balaban J connectivity index is 1.83. The van der Waals surface area contributed by atoms with Gasteiger partial charge in [-0.1, -0.05) is 12.1 Å². The minimum absolute atomic E-state index is 0.0713. The van der Waals surface area contributed by atoms with E-state index < -0.39 is 0 Å². The van der Waals surface area contributed by atoms with Crippen LogP contribution in [0.2, 0.25) is 0 Å². The van der Waals surface area contributed by atoms with Crippen molar-refractivity contribution in [3.63, 3.8) is 0 Å². The molecule has 4 atom stereocenters. The van der Waals surface area contributed by atoms with Gasteiger partial charge in [0.2, 0.25) is 0 Å². The average Bonchev–Trinajstić information content (AvgIpc) is 3.28. The van der Waals surface area contributed by atoms with Crippen LogP contribution in [0.1, 0.15) is 12.5 Å². The van der Waals surface area contributed by atoms with Gasteiger partial charge in [-0.15, -0.1) is 0 Å². The monoisotopic (exact) mass is 262 g/mol. The number of benzene rings is 1. The van der Waals surface area contributed by atoms with Crippen LogP contribution >= 0.6 is 0 Å².